The Morgan fingerprint density at radius 3 is 2.86 bits per heavy atom. The van der Waals surface area contributed by atoms with Crippen LogP contribution in [-0.2, 0) is 4.79 Å². The van der Waals surface area contributed by atoms with Crippen molar-refractivity contribution in [2.24, 2.45) is 34.5 Å². The Labute approximate surface area is 168 Å². The van der Waals surface area contributed by atoms with Crippen LogP contribution in [0.25, 0.3) is 6.08 Å². The van der Waals surface area contributed by atoms with Crippen LogP contribution in [0.15, 0.2) is 42.8 Å². The first kappa shape index (κ1) is 18.1. The van der Waals surface area contributed by atoms with Crippen molar-refractivity contribution in [2.45, 2.75) is 58.4 Å². The third kappa shape index (κ3) is 2.69. The average Bonchev–Trinajstić information content (AvgIpc) is 3.04. The second-order valence-corrected chi connectivity index (χ2v) is 10.1. The molecule has 0 aromatic carbocycles. The summed E-state index contributed by atoms with van der Waals surface area (Å²) in [5, 5.41) is 3.27. The fourth-order valence-corrected chi connectivity index (χ4v) is 7.39. The third-order valence-corrected chi connectivity index (χ3v) is 8.96. The van der Waals surface area contributed by atoms with Gasteiger partial charge < -0.3 is 5.32 Å². The predicted octanol–water partition coefficient (Wildman–Crippen LogP) is 5.01. The lowest BCUT2D eigenvalue weighted by atomic mass is 9.48. The molecule has 148 valence electrons. The molecule has 3 fully saturated rings. The summed E-state index contributed by atoms with van der Waals surface area (Å²) in [6, 6.07) is 4.49. The summed E-state index contributed by atoms with van der Waals surface area (Å²) in [6.07, 6.45) is 20.3. The number of hydrogen-bond donors (Lipinski definition) is 1. The molecule has 0 radical (unpaired) electrons. The monoisotopic (exact) mass is 376 g/mol. The number of amides is 1. The van der Waals surface area contributed by atoms with E-state index < -0.39 is 0 Å². The van der Waals surface area contributed by atoms with E-state index in [9.17, 15) is 4.79 Å². The van der Waals surface area contributed by atoms with E-state index in [1.807, 2.05) is 18.5 Å². The normalized spacial score (nSPS) is 44.6. The summed E-state index contributed by atoms with van der Waals surface area (Å²) in [5.74, 6) is 3.10. The van der Waals surface area contributed by atoms with Crippen LogP contribution in [0.3, 0.4) is 0 Å². The summed E-state index contributed by atoms with van der Waals surface area (Å²) in [5.41, 5.74) is 1.77. The Hall–Kier alpha value is -1.90. The van der Waals surface area contributed by atoms with Gasteiger partial charge in [0.2, 0.25) is 5.91 Å². The van der Waals surface area contributed by atoms with Crippen molar-refractivity contribution in [1.29, 1.82) is 0 Å². The molecule has 1 aromatic rings. The van der Waals surface area contributed by atoms with Crippen LogP contribution in [0, 0.1) is 34.5 Å². The Balaban J connectivity index is 1.39. The van der Waals surface area contributed by atoms with Crippen LogP contribution in [0.5, 0.6) is 0 Å². The molecule has 4 aliphatic rings. The van der Waals surface area contributed by atoms with Crippen molar-refractivity contribution in [3.05, 3.63) is 48.3 Å². The molecule has 3 aliphatic carbocycles. The van der Waals surface area contributed by atoms with Crippen LogP contribution in [0.2, 0.25) is 0 Å². The topological polar surface area (TPSA) is 42.0 Å². The first-order valence-electron chi connectivity index (χ1n) is 11.1. The molecule has 0 bridgehead atoms. The van der Waals surface area contributed by atoms with E-state index in [2.05, 4.69) is 48.4 Å². The second kappa shape index (κ2) is 6.57. The number of nitrogens with zero attached hydrogens (tertiary/aromatic N) is 1. The van der Waals surface area contributed by atoms with E-state index in [1.54, 1.807) is 6.08 Å². The van der Waals surface area contributed by atoms with Gasteiger partial charge in [0.25, 0.3) is 0 Å². The zero-order chi connectivity index (χ0) is 19.4. The summed E-state index contributed by atoms with van der Waals surface area (Å²) in [6.45, 7) is 4.97. The van der Waals surface area contributed by atoms with Crippen LogP contribution < -0.4 is 5.32 Å². The molecule has 3 saturated carbocycles. The maximum absolute atomic E-state index is 11.9. The molecule has 3 heteroatoms. The average molecular weight is 377 g/mol. The maximum atomic E-state index is 11.9. The summed E-state index contributed by atoms with van der Waals surface area (Å²) in [7, 11) is 0. The van der Waals surface area contributed by atoms with Gasteiger partial charge in [-0.05, 0) is 85.3 Å². The molecule has 0 spiro atoms. The molecule has 5 rings (SSSR count). The van der Waals surface area contributed by atoms with E-state index in [4.69, 9.17) is 0 Å². The lowest BCUT2D eigenvalue weighted by molar-refractivity contribution is -0.122. The number of carbonyl (C=O) groups excluding carboxylic acids is 1. The zero-order valence-corrected chi connectivity index (χ0v) is 17.1. The number of aromatic nitrogens is 1. The maximum Gasteiger partial charge on any atom is 0.243 e. The molecule has 3 nitrogen and oxygen atoms in total. The Morgan fingerprint density at radius 1 is 1.14 bits per heavy atom. The number of fused-ring (bicyclic) bond motifs is 5. The highest BCUT2D eigenvalue weighted by atomic mass is 16.1. The number of carbonyl (C=O) groups is 1. The molecule has 0 saturated heterocycles. The van der Waals surface area contributed by atoms with Gasteiger partial charge in [0.1, 0.15) is 0 Å². The summed E-state index contributed by atoms with van der Waals surface area (Å²) < 4.78 is 0. The molecule has 1 N–H and O–H groups in total. The highest BCUT2D eigenvalue weighted by Crippen LogP contribution is 2.65. The van der Waals surface area contributed by atoms with Gasteiger partial charge in [-0.3, -0.25) is 9.78 Å². The van der Waals surface area contributed by atoms with Crippen LogP contribution in [-0.4, -0.2) is 16.9 Å². The SMILES string of the molecule is C[C@]12C=CC(=O)N[C@@H]1CC[C@@H]1[C@@H]2CC[C@]2(C)[C@@H](/C=C\c3cccnc3)CC[C@@H]12. The van der Waals surface area contributed by atoms with Crippen molar-refractivity contribution >= 4 is 12.0 Å². The van der Waals surface area contributed by atoms with Crippen molar-refractivity contribution in [3.8, 4) is 0 Å². The largest absolute Gasteiger partial charge is 0.349 e. The Bertz CT molecular complexity index is 815. The van der Waals surface area contributed by atoms with Crippen molar-refractivity contribution in [3.63, 3.8) is 0 Å². The Kier molecular flexibility index (Phi) is 4.26. The van der Waals surface area contributed by atoms with Gasteiger partial charge in [-0.15, -0.1) is 0 Å². The first-order valence-corrected chi connectivity index (χ1v) is 11.1. The quantitative estimate of drug-likeness (QED) is 0.788. The first-order chi connectivity index (χ1) is 13.5. The second-order valence-electron chi connectivity index (χ2n) is 10.1. The van der Waals surface area contributed by atoms with Gasteiger partial charge >= 0.3 is 0 Å². The molecule has 28 heavy (non-hydrogen) atoms. The van der Waals surface area contributed by atoms with Crippen LogP contribution >= 0.6 is 0 Å². The fourth-order valence-electron chi connectivity index (χ4n) is 7.39. The lowest BCUT2D eigenvalue weighted by Gasteiger charge is -2.58. The molecule has 1 aliphatic heterocycles. The standard InChI is InChI=1S/C25H32N2O/c1-24-13-11-21-19(8-10-22-25(21,2)14-12-23(28)27-22)20(24)9-7-18(24)6-5-17-4-3-15-26-16-17/h3-6,12,14-16,18-22H,7-11,13H2,1-2H3,(H,27,28)/b6-5-/t18-,19-,20-,21-,22+,24+,25+/m0/s1. The molecule has 0 unspecified atom stereocenters. The number of hydrogen-bond acceptors (Lipinski definition) is 2. The minimum Gasteiger partial charge on any atom is -0.349 e. The van der Waals surface area contributed by atoms with Gasteiger partial charge in [0.05, 0.1) is 0 Å². The molecule has 1 aromatic heterocycles. The molecular formula is C25H32N2O. The predicted molar refractivity (Wildman–Crippen MR) is 112 cm³/mol. The van der Waals surface area contributed by atoms with Crippen molar-refractivity contribution < 1.29 is 4.79 Å². The molecule has 7 atom stereocenters. The number of rotatable bonds is 2. The molecular weight excluding hydrogens is 344 g/mol. The minimum atomic E-state index is 0.100. The number of pyridine rings is 1. The van der Waals surface area contributed by atoms with E-state index in [0.29, 0.717) is 23.3 Å². The van der Waals surface area contributed by atoms with E-state index in [1.165, 1.54) is 37.7 Å². The van der Waals surface area contributed by atoms with Gasteiger partial charge in [-0.2, -0.15) is 0 Å². The van der Waals surface area contributed by atoms with Crippen molar-refractivity contribution in [2.75, 3.05) is 0 Å². The van der Waals surface area contributed by atoms with Gasteiger partial charge in [0, 0.05) is 23.9 Å². The van der Waals surface area contributed by atoms with Gasteiger partial charge in [-0.25, -0.2) is 0 Å². The Morgan fingerprint density at radius 2 is 2.04 bits per heavy atom. The van der Waals surface area contributed by atoms with Gasteiger partial charge in [0.15, 0.2) is 0 Å². The lowest BCUT2D eigenvalue weighted by Crippen LogP contribution is -2.59. The fraction of sp³-hybridized carbons (Fsp3) is 0.600. The summed E-state index contributed by atoms with van der Waals surface area (Å²) >= 11 is 0. The minimum absolute atomic E-state index is 0.100. The highest BCUT2D eigenvalue weighted by Gasteiger charge is 2.59. The third-order valence-electron chi connectivity index (χ3n) is 8.96. The number of allylic oxidation sites excluding steroid dienone is 1. The van der Waals surface area contributed by atoms with Crippen molar-refractivity contribution in [1.82, 2.24) is 10.3 Å². The highest BCUT2D eigenvalue weighted by molar-refractivity contribution is 5.89. The smallest absolute Gasteiger partial charge is 0.243 e. The van der Waals surface area contributed by atoms with E-state index in [0.717, 1.165) is 18.3 Å². The van der Waals surface area contributed by atoms with Gasteiger partial charge in [-0.1, -0.05) is 38.1 Å². The number of nitrogens with one attached hydrogen (secondary N) is 1. The zero-order valence-electron chi connectivity index (χ0n) is 17.1. The van der Waals surface area contributed by atoms with E-state index >= 15 is 0 Å². The van der Waals surface area contributed by atoms with E-state index in [-0.39, 0.29) is 11.3 Å². The van der Waals surface area contributed by atoms with Crippen LogP contribution in [0.1, 0.15) is 57.9 Å². The summed E-state index contributed by atoms with van der Waals surface area (Å²) in [4.78, 5) is 16.1. The molecule has 2 heterocycles. The van der Waals surface area contributed by atoms with Crippen LogP contribution in [0.4, 0.5) is 0 Å². The molecule has 1 amide bonds.